The molecule has 0 unspecified atom stereocenters. The van der Waals surface area contributed by atoms with Crippen LogP contribution in [-0.2, 0) is 0 Å². The number of benzene rings is 2. The molecule has 0 radical (unpaired) electrons. The van der Waals surface area contributed by atoms with E-state index in [1.54, 1.807) is 24.3 Å². The first kappa shape index (κ1) is 14.9. The van der Waals surface area contributed by atoms with Crippen LogP contribution in [0.25, 0.3) is 0 Å². The lowest BCUT2D eigenvalue weighted by Gasteiger charge is -1.94. The second-order valence-electron chi connectivity index (χ2n) is 3.52. The van der Waals surface area contributed by atoms with Gasteiger partial charge in [0.05, 0.1) is 15.9 Å². The molecule has 0 aliphatic heterocycles. The zero-order valence-electron chi connectivity index (χ0n) is 10.0. The second-order valence-corrected chi connectivity index (χ2v) is 3.52. The molecule has 0 saturated carbocycles. The Kier molecular flexibility index (Phi) is 4.98. The van der Waals surface area contributed by atoms with Gasteiger partial charge in [0.1, 0.15) is 5.75 Å². The predicted octanol–water partition coefficient (Wildman–Crippen LogP) is 2.60. The summed E-state index contributed by atoms with van der Waals surface area (Å²) in [7, 11) is 0. The third kappa shape index (κ3) is 4.26. The average Bonchev–Trinajstić information content (AvgIpc) is 2.40. The van der Waals surface area contributed by atoms with Gasteiger partial charge in [0, 0.05) is 6.07 Å². The van der Waals surface area contributed by atoms with Gasteiger partial charge in [0.25, 0.3) is 5.69 Å². The minimum absolute atomic E-state index is 0.322. The van der Waals surface area contributed by atoms with Gasteiger partial charge in [-0.2, -0.15) is 0 Å². The summed E-state index contributed by atoms with van der Waals surface area (Å²) in [5.41, 5.74) is -1.10. The maximum absolute atomic E-state index is 10.2. The van der Waals surface area contributed by atoms with E-state index in [4.69, 9.17) is 10.2 Å². The molecule has 0 atom stereocenters. The van der Waals surface area contributed by atoms with E-state index >= 15 is 0 Å². The van der Waals surface area contributed by atoms with Crippen molar-refractivity contribution in [3.63, 3.8) is 0 Å². The summed E-state index contributed by atoms with van der Waals surface area (Å²) >= 11 is 0. The molecule has 20 heavy (non-hydrogen) atoms. The molecule has 0 aliphatic carbocycles. The third-order valence-electron chi connectivity index (χ3n) is 2.12. The van der Waals surface area contributed by atoms with Crippen LogP contribution >= 0.6 is 0 Å². The van der Waals surface area contributed by atoms with Crippen molar-refractivity contribution in [3.05, 3.63) is 68.8 Å². The number of phenolic OH excluding ortho intramolecular Hbond substituents is 2. The number of hydrogen-bond donors (Lipinski definition) is 2. The highest BCUT2D eigenvalue weighted by molar-refractivity contribution is 5.52. The van der Waals surface area contributed by atoms with E-state index in [-0.39, 0.29) is 0 Å². The summed E-state index contributed by atoms with van der Waals surface area (Å²) in [6.45, 7) is 0. The number of para-hydroxylation sites is 1. The van der Waals surface area contributed by atoms with Crippen LogP contribution < -0.4 is 0 Å². The largest absolute Gasteiger partial charge is 0.508 e. The number of nitro groups is 2. The quantitative estimate of drug-likeness (QED) is 0.642. The highest BCUT2D eigenvalue weighted by Crippen LogP contribution is 2.29. The molecule has 0 saturated heterocycles. The predicted molar refractivity (Wildman–Crippen MR) is 69.5 cm³/mol. The molecule has 2 rings (SSSR count). The Morgan fingerprint density at radius 3 is 1.85 bits per heavy atom. The number of rotatable bonds is 2. The minimum Gasteiger partial charge on any atom is -0.508 e. The standard InChI is InChI=1S/C6H4N2O5.C6H6O/c9-6-2-1-4(7(10)11)3-5(6)8(12)13;7-6-4-2-1-3-5-6/h1-3,9H;1-5,7H. The first-order valence-electron chi connectivity index (χ1n) is 5.27. The molecule has 2 aromatic rings. The number of phenols is 2. The number of non-ortho nitro benzene ring substituents is 1. The molecular weight excluding hydrogens is 268 g/mol. The summed E-state index contributed by atoms with van der Waals surface area (Å²) in [5, 5.41) is 38.0. The van der Waals surface area contributed by atoms with Crippen LogP contribution in [0.1, 0.15) is 0 Å². The molecule has 0 bridgehead atoms. The van der Waals surface area contributed by atoms with Gasteiger partial charge in [-0.3, -0.25) is 20.2 Å². The normalized spacial score (nSPS) is 9.20. The topological polar surface area (TPSA) is 127 Å². The molecule has 2 N–H and O–H groups in total. The van der Waals surface area contributed by atoms with Gasteiger partial charge in [-0.25, -0.2) is 0 Å². The molecular formula is C12H10N2O6. The van der Waals surface area contributed by atoms with Crippen molar-refractivity contribution < 1.29 is 20.1 Å². The maximum Gasteiger partial charge on any atom is 0.317 e. The molecule has 104 valence electrons. The maximum atomic E-state index is 10.2. The molecule has 0 fully saturated rings. The van der Waals surface area contributed by atoms with Crippen molar-refractivity contribution >= 4 is 11.4 Å². The smallest absolute Gasteiger partial charge is 0.317 e. The van der Waals surface area contributed by atoms with Crippen LogP contribution in [0.2, 0.25) is 0 Å². The lowest BCUT2D eigenvalue weighted by atomic mass is 10.2. The zero-order valence-corrected chi connectivity index (χ0v) is 10.0. The van der Waals surface area contributed by atoms with Crippen molar-refractivity contribution in [2.75, 3.05) is 0 Å². The summed E-state index contributed by atoms with van der Waals surface area (Å²) < 4.78 is 0. The van der Waals surface area contributed by atoms with Crippen molar-refractivity contribution in [2.24, 2.45) is 0 Å². The van der Waals surface area contributed by atoms with Crippen LogP contribution in [0.4, 0.5) is 11.4 Å². The molecule has 0 heterocycles. The van der Waals surface area contributed by atoms with Gasteiger partial charge in [-0.15, -0.1) is 0 Å². The molecule has 0 spiro atoms. The van der Waals surface area contributed by atoms with Crippen LogP contribution in [0.3, 0.4) is 0 Å². The fraction of sp³-hybridized carbons (Fsp3) is 0. The Balaban J connectivity index is 0.000000240. The lowest BCUT2D eigenvalue weighted by Crippen LogP contribution is -1.92. The Morgan fingerprint density at radius 2 is 1.45 bits per heavy atom. The number of nitrogens with zero attached hydrogens (tertiary/aromatic N) is 2. The highest BCUT2D eigenvalue weighted by Gasteiger charge is 2.18. The van der Waals surface area contributed by atoms with Crippen LogP contribution in [0, 0.1) is 20.2 Å². The third-order valence-corrected chi connectivity index (χ3v) is 2.12. The van der Waals surface area contributed by atoms with Gasteiger partial charge in [0.15, 0.2) is 5.75 Å². The first-order valence-corrected chi connectivity index (χ1v) is 5.27. The molecule has 8 nitrogen and oxygen atoms in total. The van der Waals surface area contributed by atoms with Gasteiger partial charge in [-0.1, -0.05) is 18.2 Å². The second kappa shape index (κ2) is 6.69. The molecule has 0 aliphatic rings. The number of nitro benzene ring substituents is 2. The molecule has 0 aromatic heterocycles. The van der Waals surface area contributed by atoms with E-state index in [9.17, 15) is 20.2 Å². The SMILES string of the molecule is O=[N+]([O-])c1ccc(O)c([N+](=O)[O-])c1.Oc1ccccc1. The van der Waals surface area contributed by atoms with Crippen molar-refractivity contribution in [1.29, 1.82) is 0 Å². The number of hydrogen-bond acceptors (Lipinski definition) is 6. The van der Waals surface area contributed by atoms with E-state index in [0.717, 1.165) is 12.1 Å². The zero-order chi connectivity index (χ0) is 15.1. The Morgan fingerprint density at radius 1 is 0.850 bits per heavy atom. The van der Waals surface area contributed by atoms with Crippen molar-refractivity contribution in [2.45, 2.75) is 0 Å². The van der Waals surface area contributed by atoms with Crippen molar-refractivity contribution in [3.8, 4) is 11.5 Å². The molecule has 8 heteroatoms. The molecule has 0 amide bonds. The fourth-order valence-electron chi connectivity index (χ4n) is 1.20. The van der Waals surface area contributed by atoms with E-state index in [1.165, 1.54) is 0 Å². The number of aromatic hydroxyl groups is 2. The van der Waals surface area contributed by atoms with Gasteiger partial charge < -0.3 is 10.2 Å². The van der Waals surface area contributed by atoms with Gasteiger partial charge in [-0.05, 0) is 18.2 Å². The molecule has 2 aromatic carbocycles. The van der Waals surface area contributed by atoms with E-state index < -0.39 is 27.0 Å². The summed E-state index contributed by atoms with van der Waals surface area (Å²) in [4.78, 5) is 18.7. The lowest BCUT2D eigenvalue weighted by molar-refractivity contribution is -0.394. The summed E-state index contributed by atoms with van der Waals surface area (Å²) in [6.07, 6.45) is 0. The van der Waals surface area contributed by atoms with Crippen LogP contribution in [-0.4, -0.2) is 20.1 Å². The van der Waals surface area contributed by atoms with Gasteiger partial charge in [0.2, 0.25) is 0 Å². The highest BCUT2D eigenvalue weighted by atomic mass is 16.6. The van der Waals surface area contributed by atoms with E-state index in [0.29, 0.717) is 11.8 Å². The van der Waals surface area contributed by atoms with E-state index in [2.05, 4.69) is 0 Å². The minimum atomic E-state index is -0.887. The van der Waals surface area contributed by atoms with Crippen LogP contribution in [0.15, 0.2) is 48.5 Å². The van der Waals surface area contributed by atoms with Crippen LogP contribution in [0.5, 0.6) is 11.5 Å². The summed E-state index contributed by atoms with van der Waals surface area (Å²) in [5.74, 6) is -0.266. The Labute approximate surface area is 112 Å². The summed E-state index contributed by atoms with van der Waals surface area (Å²) in [6, 6.07) is 11.3. The Hall–Kier alpha value is -3.16. The first-order chi connectivity index (χ1) is 9.41. The van der Waals surface area contributed by atoms with E-state index in [1.807, 2.05) is 6.07 Å². The monoisotopic (exact) mass is 278 g/mol. The average molecular weight is 278 g/mol. The van der Waals surface area contributed by atoms with Gasteiger partial charge >= 0.3 is 5.69 Å². The Bertz CT molecular complexity index is 615. The fourth-order valence-corrected chi connectivity index (χ4v) is 1.20. The van der Waals surface area contributed by atoms with Crippen molar-refractivity contribution in [1.82, 2.24) is 0 Å².